The van der Waals surface area contributed by atoms with E-state index in [1.54, 1.807) is 11.3 Å². The number of piperidine rings is 2. The van der Waals surface area contributed by atoms with Gasteiger partial charge < -0.3 is 15.0 Å². The molecule has 1 aromatic rings. The number of rotatable bonds is 7. The van der Waals surface area contributed by atoms with Gasteiger partial charge >= 0.3 is 5.97 Å². The van der Waals surface area contributed by atoms with Gasteiger partial charge in [0, 0.05) is 38.6 Å². The highest BCUT2D eigenvalue weighted by Gasteiger charge is 2.29. The fourth-order valence-corrected chi connectivity index (χ4v) is 5.09. The number of aryl methyl sites for hydroxylation is 1. The number of aromatic nitrogens is 1. The first kappa shape index (κ1) is 26.3. The van der Waals surface area contributed by atoms with E-state index in [9.17, 15) is 4.79 Å². The SMILES string of the molecule is CCOC(=O)C1CCCN(C(=NC)NCC2CCN(Cc3csc(CC)n3)CC2)C1.I. The second-order valence-electron chi connectivity index (χ2n) is 8.27. The van der Waals surface area contributed by atoms with Crippen molar-refractivity contribution in [2.24, 2.45) is 16.8 Å². The lowest BCUT2D eigenvalue weighted by Gasteiger charge is -2.35. The lowest BCUT2D eigenvalue weighted by atomic mass is 9.96. The van der Waals surface area contributed by atoms with Gasteiger partial charge in [0.15, 0.2) is 5.96 Å². The monoisotopic (exact) mass is 563 g/mol. The molecule has 1 unspecified atom stereocenters. The third-order valence-electron chi connectivity index (χ3n) is 6.10. The quantitative estimate of drug-likeness (QED) is 0.238. The van der Waals surface area contributed by atoms with E-state index in [4.69, 9.17) is 9.72 Å². The van der Waals surface area contributed by atoms with Crippen molar-refractivity contribution in [3.05, 3.63) is 16.1 Å². The summed E-state index contributed by atoms with van der Waals surface area (Å²) in [4.78, 5) is 26.0. The van der Waals surface area contributed by atoms with Crippen LogP contribution in [0, 0.1) is 11.8 Å². The van der Waals surface area contributed by atoms with Crippen molar-refractivity contribution >= 4 is 47.2 Å². The summed E-state index contributed by atoms with van der Waals surface area (Å²) in [6, 6.07) is 0. The Labute approximate surface area is 208 Å². The summed E-state index contributed by atoms with van der Waals surface area (Å²) in [5.74, 6) is 1.46. The summed E-state index contributed by atoms with van der Waals surface area (Å²) < 4.78 is 5.22. The van der Waals surface area contributed by atoms with E-state index in [2.05, 4.69) is 32.4 Å². The highest BCUT2D eigenvalue weighted by molar-refractivity contribution is 14.0. The molecule has 0 aliphatic carbocycles. The number of hydrogen-bond donors (Lipinski definition) is 1. The zero-order valence-corrected chi connectivity index (χ0v) is 22.3. The molecule has 176 valence electrons. The van der Waals surface area contributed by atoms with Crippen LogP contribution >= 0.6 is 35.3 Å². The highest BCUT2D eigenvalue weighted by atomic mass is 127. The Balaban J connectivity index is 0.00000341. The minimum Gasteiger partial charge on any atom is -0.466 e. The van der Waals surface area contributed by atoms with Crippen LogP contribution in [0.4, 0.5) is 0 Å². The Kier molecular flexibility index (Phi) is 11.5. The third kappa shape index (κ3) is 7.85. The number of carbonyl (C=O) groups is 1. The molecule has 0 radical (unpaired) electrons. The molecular formula is C22H38IN5O2S. The van der Waals surface area contributed by atoms with Crippen LogP contribution in [0.1, 0.15) is 50.2 Å². The number of thiazole rings is 1. The van der Waals surface area contributed by atoms with Crippen molar-refractivity contribution in [1.82, 2.24) is 20.1 Å². The Morgan fingerprint density at radius 3 is 2.71 bits per heavy atom. The molecule has 0 spiro atoms. The normalized spacial score (nSPS) is 20.9. The average molecular weight is 564 g/mol. The summed E-state index contributed by atoms with van der Waals surface area (Å²) in [6.07, 6.45) is 5.32. The van der Waals surface area contributed by atoms with Gasteiger partial charge in [0.2, 0.25) is 0 Å². The van der Waals surface area contributed by atoms with E-state index in [1.807, 2.05) is 14.0 Å². The zero-order chi connectivity index (χ0) is 21.3. The minimum absolute atomic E-state index is 0. The van der Waals surface area contributed by atoms with Crippen LogP contribution < -0.4 is 5.32 Å². The molecule has 3 rings (SSSR count). The van der Waals surface area contributed by atoms with Gasteiger partial charge in [-0.2, -0.15) is 0 Å². The molecule has 2 saturated heterocycles. The van der Waals surface area contributed by atoms with Gasteiger partial charge in [-0.25, -0.2) is 4.98 Å². The van der Waals surface area contributed by atoms with Crippen LogP contribution in [-0.4, -0.2) is 73.1 Å². The second-order valence-corrected chi connectivity index (χ2v) is 9.21. The standard InChI is InChI=1S/C22H37N5O2S.HI/c1-4-20-25-19(16-30-20)15-26-11-8-17(9-12-26)13-24-22(23-3)27-10-6-7-18(14-27)21(28)29-5-2;/h16-18H,4-15H2,1-3H3,(H,23,24);1H. The molecule has 1 N–H and O–H groups in total. The molecule has 9 heteroatoms. The fraction of sp³-hybridized carbons (Fsp3) is 0.773. The van der Waals surface area contributed by atoms with E-state index in [0.717, 1.165) is 57.9 Å². The maximum atomic E-state index is 12.1. The van der Waals surface area contributed by atoms with E-state index in [0.29, 0.717) is 19.1 Å². The number of ether oxygens (including phenoxy) is 1. The zero-order valence-electron chi connectivity index (χ0n) is 19.1. The smallest absolute Gasteiger partial charge is 0.310 e. The first-order chi connectivity index (χ1) is 14.6. The van der Waals surface area contributed by atoms with E-state index < -0.39 is 0 Å². The molecular weight excluding hydrogens is 525 g/mol. The summed E-state index contributed by atoms with van der Waals surface area (Å²) >= 11 is 1.78. The topological polar surface area (TPSA) is 70.1 Å². The predicted octanol–water partition coefficient (Wildman–Crippen LogP) is 3.39. The molecule has 7 nitrogen and oxygen atoms in total. The van der Waals surface area contributed by atoms with Crippen LogP contribution in [-0.2, 0) is 22.5 Å². The molecule has 2 aliphatic heterocycles. The number of hydrogen-bond acceptors (Lipinski definition) is 6. The van der Waals surface area contributed by atoms with Gasteiger partial charge in [0.05, 0.1) is 23.2 Å². The van der Waals surface area contributed by atoms with Crippen LogP contribution in [0.3, 0.4) is 0 Å². The average Bonchev–Trinajstić information content (AvgIpc) is 3.23. The second kappa shape index (κ2) is 13.6. The first-order valence-electron chi connectivity index (χ1n) is 11.4. The van der Waals surface area contributed by atoms with E-state index in [1.165, 1.54) is 23.5 Å². The van der Waals surface area contributed by atoms with Gasteiger partial charge in [-0.3, -0.25) is 14.7 Å². The third-order valence-corrected chi connectivity index (χ3v) is 7.14. The van der Waals surface area contributed by atoms with Crippen molar-refractivity contribution in [1.29, 1.82) is 0 Å². The summed E-state index contributed by atoms with van der Waals surface area (Å²) in [7, 11) is 1.83. The van der Waals surface area contributed by atoms with Gasteiger partial charge in [-0.15, -0.1) is 35.3 Å². The Hall–Kier alpha value is -0.940. The lowest BCUT2D eigenvalue weighted by molar-refractivity contribution is -0.149. The molecule has 1 aromatic heterocycles. The maximum absolute atomic E-state index is 12.1. The molecule has 31 heavy (non-hydrogen) atoms. The molecule has 0 bridgehead atoms. The number of nitrogens with zero attached hydrogens (tertiary/aromatic N) is 4. The summed E-state index contributed by atoms with van der Waals surface area (Å²) in [5, 5.41) is 7.01. The van der Waals surface area contributed by atoms with Crippen molar-refractivity contribution < 1.29 is 9.53 Å². The molecule has 1 atom stereocenters. The van der Waals surface area contributed by atoms with Crippen molar-refractivity contribution in [2.45, 2.75) is 52.5 Å². The lowest BCUT2D eigenvalue weighted by Crippen LogP contribution is -2.49. The molecule has 2 aliphatic rings. The van der Waals surface area contributed by atoms with Crippen molar-refractivity contribution in [3.8, 4) is 0 Å². The van der Waals surface area contributed by atoms with Crippen LogP contribution in [0.25, 0.3) is 0 Å². The number of nitrogens with one attached hydrogen (secondary N) is 1. The van der Waals surface area contributed by atoms with Crippen LogP contribution in [0.15, 0.2) is 10.4 Å². The molecule has 0 aromatic carbocycles. The number of likely N-dealkylation sites (tertiary alicyclic amines) is 2. The van der Waals surface area contributed by atoms with Gasteiger partial charge in [0.25, 0.3) is 0 Å². The van der Waals surface area contributed by atoms with E-state index >= 15 is 0 Å². The Morgan fingerprint density at radius 1 is 1.29 bits per heavy atom. The number of carbonyl (C=O) groups excluding carboxylic acids is 1. The number of halogens is 1. The number of esters is 1. The Bertz CT molecular complexity index is 706. The van der Waals surface area contributed by atoms with Gasteiger partial charge in [-0.1, -0.05) is 6.92 Å². The van der Waals surface area contributed by atoms with Crippen LogP contribution in [0.5, 0.6) is 0 Å². The van der Waals surface area contributed by atoms with Crippen molar-refractivity contribution in [3.63, 3.8) is 0 Å². The first-order valence-corrected chi connectivity index (χ1v) is 12.3. The number of aliphatic imine (C=N–C) groups is 1. The van der Waals surface area contributed by atoms with Crippen LogP contribution in [0.2, 0.25) is 0 Å². The molecule has 2 fully saturated rings. The largest absolute Gasteiger partial charge is 0.466 e. The molecule has 0 saturated carbocycles. The molecule has 3 heterocycles. The molecule has 0 amide bonds. The van der Waals surface area contributed by atoms with E-state index in [-0.39, 0.29) is 35.9 Å². The minimum atomic E-state index is -0.0730. The Morgan fingerprint density at radius 2 is 2.06 bits per heavy atom. The number of guanidine groups is 1. The predicted molar refractivity (Wildman–Crippen MR) is 137 cm³/mol. The van der Waals surface area contributed by atoms with Crippen molar-refractivity contribution in [2.75, 3.05) is 46.4 Å². The summed E-state index contributed by atoms with van der Waals surface area (Å²) in [6.45, 7) is 10.3. The maximum Gasteiger partial charge on any atom is 0.310 e. The van der Waals surface area contributed by atoms with Gasteiger partial charge in [-0.05, 0) is 58.0 Å². The highest BCUT2D eigenvalue weighted by Crippen LogP contribution is 2.21. The fourth-order valence-electron chi connectivity index (χ4n) is 4.35. The summed E-state index contributed by atoms with van der Waals surface area (Å²) in [5.41, 5.74) is 1.22. The van der Waals surface area contributed by atoms with Gasteiger partial charge in [0.1, 0.15) is 0 Å².